The summed E-state index contributed by atoms with van der Waals surface area (Å²) in [5.74, 6) is -0.262. The van der Waals surface area contributed by atoms with Crippen LogP contribution in [-0.4, -0.2) is 296 Å². The van der Waals surface area contributed by atoms with Crippen molar-refractivity contribution in [1.29, 1.82) is 0 Å². The van der Waals surface area contributed by atoms with Crippen molar-refractivity contribution in [1.82, 2.24) is 87.6 Å². The minimum absolute atomic E-state index is 0.0115. The number of anilines is 5. The van der Waals surface area contributed by atoms with E-state index >= 15 is 0 Å². The average Bonchev–Trinajstić information content (AvgIpc) is 1.65. The van der Waals surface area contributed by atoms with Crippen LogP contribution in [0.4, 0.5) is 29.1 Å². The Kier molecular flexibility index (Phi) is 26.0. The molecule has 10 unspecified atom stereocenters. The molecular formula is C59H80N23O31P5S2. The van der Waals surface area contributed by atoms with Crippen molar-refractivity contribution < 1.29 is 141 Å². The van der Waals surface area contributed by atoms with Crippen LogP contribution in [0.1, 0.15) is 44.5 Å². The molecule has 0 saturated carbocycles. The molecule has 0 radical (unpaired) electrons. The fourth-order valence-corrected chi connectivity index (χ4v) is 20.9. The van der Waals surface area contributed by atoms with Gasteiger partial charge in [-0.05, 0) is 36.6 Å². The van der Waals surface area contributed by atoms with Crippen LogP contribution in [0, 0.1) is 0 Å². The van der Waals surface area contributed by atoms with E-state index in [1.807, 2.05) is 0 Å². The van der Waals surface area contributed by atoms with Gasteiger partial charge in [0, 0.05) is 54.8 Å². The van der Waals surface area contributed by atoms with E-state index in [1.165, 1.54) is 96.7 Å². The number of hydrogen-bond donors (Lipinski definition) is 11. The average molecular weight is 1830 g/mol. The SMILES string of the molecule is CO[C@H]1C(OP(O)(=S)OC[C@H]2O[C@@H](n3cnc4c(N)ncnc43)[C@@H](OC)C2OP(O)(=S)O[C@H]2CCO[C@H]2CO)[C@@H](COP(=O)(O)OC2[C@@H](COP(=O)(O)OC3[C@@H](COP(=O)(O)OC4[C@@H](C)O[C@@H](n5cnc6c(N)ncnc65)[C@H]4OC)O[C@@H](n4cnc5c(N)ncnc54)[C@H]3OC)O[C@@H](n3cnc4c(N)ncnc43)[C@H]2OC)O[C@H]1n1ccc(N)nc1=O. The van der Waals surface area contributed by atoms with Crippen molar-refractivity contribution in [2.24, 2.45) is 0 Å². The molecule has 15 heterocycles. The summed E-state index contributed by atoms with van der Waals surface area (Å²) in [6, 6.07) is 1.24. The number of aliphatic hydroxyl groups excluding tert-OH is 1. The Morgan fingerprint density at radius 3 is 1.11 bits per heavy atom. The summed E-state index contributed by atoms with van der Waals surface area (Å²) in [5, 5.41) is 9.98. The molecule has 120 heavy (non-hydrogen) atoms. The lowest BCUT2D eigenvalue weighted by Crippen LogP contribution is -2.40. The first kappa shape index (κ1) is 87.9. The molecular weight excluding hydrogens is 1750 g/mol. The standard InChI is InChI=1S/C59H80N23O31P5S2/c1-24-36(41(93-2)55(103-24)79-20-73-32-46(61)65-16-69-50(32)79)109-114(85,86)99-12-27-37(42(94-3)56(105-27)80-21-74-33-47(62)66-17-70-51(33)80)110-115(87,88)100-13-28-38(43(95-4)57(106-28)81-22-75-34-48(63)67-18-71-52(34)81)111-116(89,90)101-14-29-39(44(96-5)54(104-29)78-9-7-31(60)77-59(78)84)112-117(91,119)102-15-30-40(113-118(92,120)108-25-8-10-98-26(25)11-83)45(97-6)58(107-30)82-23-76-35-49(64)68-19-72-53(35)82/h7,9,16-30,36-45,54-58,83H,8,10-15H2,1-6H3,(H,85,86)(H,87,88)(H,89,90)(H,91,119)(H,92,120)(H2,60,77,84)(H2,61,65,69)(H2,62,66,70)(H2,63,67,71)(H2,64,68,72)/t24-,25+,26+,27-,28-,29-,30-,36?,37?,38?,39?,40?,41+,42+,43+,44+,45+,54-,55-,56-,57-,58-,117?,118?/m1/s1. The van der Waals surface area contributed by atoms with Crippen molar-refractivity contribution >= 4 is 134 Å². The molecule has 0 spiro atoms. The third-order valence-corrected chi connectivity index (χ3v) is 26.3. The molecule has 6 saturated heterocycles. The third kappa shape index (κ3) is 17.9. The predicted octanol–water partition coefficient (Wildman–Crippen LogP) is -1.01. The summed E-state index contributed by atoms with van der Waals surface area (Å²) in [6.45, 7) is -11.9. The molecule has 54 nitrogen and oxygen atoms in total. The van der Waals surface area contributed by atoms with Crippen LogP contribution in [0.15, 0.2) is 67.7 Å². The van der Waals surface area contributed by atoms with Gasteiger partial charge in [0.1, 0.15) is 145 Å². The first-order chi connectivity index (χ1) is 57.2. The van der Waals surface area contributed by atoms with Crippen LogP contribution < -0.4 is 34.4 Å². The highest BCUT2D eigenvalue weighted by Gasteiger charge is 2.58. The molecule has 0 aliphatic carbocycles. The summed E-state index contributed by atoms with van der Waals surface area (Å²) in [7, 11) is -10.6. The number of aromatic nitrogens is 18. The molecule has 0 aromatic carbocycles. The summed E-state index contributed by atoms with van der Waals surface area (Å²) in [6.07, 6.45) is -20.4. The van der Waals surface area contributed by atoms with Crippen molar-refractivity contribution in [3.05, 3.63) is 73.4 Å². The van der Waals surface area contributed by atoms with E-state index in [1.54, 1.807) is 0 Å². The second kappa shape index (κ2) is 35.6. The van der Waals surface area contributed by atoms with Gasteiger partial charge in [-0.3, -0.25) is 59.0 Å². The first-order valence-electron chi connectivity index (χ1n) is 35.8. The zero-order valence-electron chi connectivity index (χ0n) is 63.3. The minimum atomic E-state index is -5.71. The molecule has 15 rings (SSSR count). The zero-order valence-corrected chi connectivity index (χ0v) is 69.4. The number of imidazole rings is 4. The summed E-state index contributed by atoms with van der Waals surface area (Å²) in [5.41, 5.74) is 30.4. The fraction of sp³-hybridized carbons (Fsp3) is 0.593. The van der Waals surface area contributed by atoms with Crippen LogP contribution in [0.2, 0.25) is 0 Å². The molecule has 6 fully saturated rings. The predicted molar refractivity (Wildman–Crippen MR) is 408 cm³/mol. The van der Waals surface area contributed by atoms with Gasteiger partial charge in [-0.2, -0.15) is 4.98 Å². The number of rotatable bonds is 35. The van der Waals surface area contributed by atoms with Crippen molar-refractivity contribution in [3.8, 4) is 0 Å². The highest BCUT2D eigenvalue weighted by atomic mass is 32.5. The Morgan fingerprint density at radius 1 is 0.425 bits per heavy atom. The van der Waals surface area contributed by atoms with Gasteiger partial charge >= 0.3 is 42.6 Å². The molecule has 61 heteroatoms. The van der Waals surface area contributed by atoms with Crippen molar-refractivity contribution in [2.45, 2.75) is 148 Å². The number of hydrogen-bond acceptors (Lipinski definition) is 46. The number of phosphoric acid groups is 3. The van der Waals surface area contributed by atoms with Gasteiger partial charge in [0.25, 0.3) is 0 Å². The number of nitrogen functional groups attached to an aromatic ring is 5. The largest absolute Gasteiger partial charge is 0.472 e. The van der Waals surface area contributed by atoms with E-state index in [4.69, 9.17) is 150 Å². The molecule has 0 amide bonds. The van der Waals surface area contributed by atoms with Gasteiger partial charge in [0.15, 0.2) is 77.0 Å². The highest BCUT2D eigenvalue weighted by Crippen LogP contribution is 2.58. The molecule has 6 aliphatic rings. The molecule has 654 valence electrons. The zero-order chi connectivity index (χ0) is 85.2. The lowest BCUT2D eigenvalue weighted by Gasteiger charge is -2.30. The monoisotopic (exact) mass is 1830 g/mol. The topological polar surface area (TPSA) is 706 Å². The maximum atomic E-state index is 14.9. The first-order valence-corrected chi connectivity index (χ1v) is 45.5. The normalized spacial score (nSPS) is 32.3. The summed E-state index contributed by atoms with van der Waals surface area (Å²) < 4.78 is 176. The van der Waals surface area contributed by atoms with E-state index in [-0.39, 0.29) is 86.8 Å². The fourth-order valence-electron chi connectivity index (χ4n) is 14.7. The summed E-state index contributed by atoms with van der Waals surface area (Å²) >= 11 is 11.2. The van der Waals surface area contributed by atoms with E-state index in [0.717, 1.165) is 31.4 Å². The number of ether oxygens (including phenoxy) is 11. The lowest BCUT2D eigenvalue weighted by molar-refractivity contribution is -0.0669. The number of methoxy groups -OCH3 is 5. The van der Waals surface area contributed by atoms with Crippen LogP contribution in [0.25, 0.3) is 44.7 Å². The Labute approximate surface area is 685 Å². The third-order valence-electron chi connectivity index (χ3n) is 20.2. The lowest BCUT2D eigenvalue weighted by atomic mass is 10.1. The second-order valence-electron chi connectivity index (χ2n) is 27.3. The Balaban J connectivity index is 0.680. The number of nitrogens with two attached hydrogens (primary N) is 5. The van der Waals surface area contributed by atoms with Crippen LogP contribution in [0.3, 0.4) is 0 Å². The minimum Gasteiger partial charge on any atom is -0.394 e. The van der Waals surface area contributed by atoms with Gasteiger partial charge in [-0.1, -0.05) is 0 Å². The van der Waals surface area contributed by atoms with Crippen LogP contribution in [0.5, 0.6) is 0 Å². The van der Waals surface area contributed by atoms with Crippen LogP contribution in [-0.2, 0) is 135 Å². The summed E-state index contributed by atoms with van der Waals surface area (Å²) in [4.78, 5) is 127. The highest BCUT2D eigenvalue weighted by molar-refractivity contribution is 8.07. The Morgan fingerprint density at radius 2 is 0.750 bits per heavy atom. The van der Waals surface area contributed by atoms with Crippen LogP contribution >= 0.6 is 36.9 Å². The van der Waals surface area contributed by atoms with Gasteiger partial charge in [-0.25, -0.2) is 78.3 Å². The Hall–Kier alpha value is -7.01. The molecule has 0 bridgehead atoms. The molecule has 27 atom stereocenters. The van der Waals surface area contributed by atoms with Gasteiger partial charge in [-0.15, -0.1) is 0 Å². The van der Waals surface area contributed by atoms with E-state index in [0.29, 0.717) is 0 Å². The second-order valence-corrected chi connectivity index (χ2v) is 37.0. The maximum Gasteiger partial charge on any atom is 0.472 e. The van der Waals surface area contributed by atoms with E-state index < -0.39 is 211 Å². The maximum absolute atomic E-state index is 14.9. The van der Waals surface area contributed by atoms with Gasteiger partial charge in [0.05, 0.1) is 70.6 Å². The van der Waals surface area contributed by atoms with E-state index in [2.05, 4.69) is 64.8 Å². The molecule has 6 aliphatic heterocycles. The van der Waals surface area contributed by atoms with Gasteiger partial charge in [0.2, 0.25) is 0 Å². The molecule has 9 aromatic heterocycles. The number of phosphoric ester groups is 3. The smallest absolute Gasteiger partial charge is 0.394 e. The van der Waals surface area contributed by atoms with Crippen molar-refractivity contribution in [2.75, 3.05) is 104 Å². The Bertz CT molecular complexity index is 5520. The molecule has 9 aromatic rings. The van der Waals surface area contributed by atoms with Gasteiger partial charge < -0.3 is 119 Å². The van der Waals surface area contributed by atoms with Crippen molar-refractivity contribution in [3.63, 3.8) is 0 Å². The number of nitrogens with zero attached hydrogens (tertiary/aromatic N) is 18. The molecule has 16 N–H and O–H groups in total. The quantitative estimate of drug-likeness (QED) is 0.0212. The number of aliphatic hydroxyl groups is 1. The number of fused-ring (bicyclic) bond motifs is 4. The van der Waals surface area contributed by atoms with E-state index in [9.17, 15) is 48.1 Å².